The number of nitrogens with one attached hydrogen (secondary N) is 1. The van der Waals surface area contributed by atoms with Crippen molar-refractivity contribution in [1.82, 2.24) is 5.32 Å². The summed E-state index contributed by atoms with van der Waals surface area (Å²) in [4.78, 5) is 4.49. The molecule has 0 spiro atoms. The number of halogens is 5. The van der Waals surface area contributed by atoms with Gasteiger partial charge in [-0.1, -0.05) is 41.9 Å². The second kappa shape index (κ2) is 7.45. The molecule has 2 aromatic rings. The molecule has 0 unspecified atom stereocenters. The number of hydrogen-bond donors (Lipinski definition) is 1. The van der Waals surface area contributed by atoms with Gasteiger partial charge in [0.1, 0.15) is 5.84 Å². The van der Waals surface area contributed by atoms with Crippen molar-refractivity contribution in [3.8, 4) is 0 Å². The standard InChI is InChI=1S/C17H14ClF3N2.ClH/c18-13-8-6-12(7-9-13)16-22-14(10-17(19,20)21)15(23-16)11-4-2-1-3-5-11;/h1-9,14-15H,10H2,(H,22,23);1H/t14-,15+;/m1./s1. The maximum absolute atomic E-state index is 12.9. The second-order valence-corrected chi connectivity index (χ2v) is 5.85. The molecule has 0 fully saturated rings. The fourth-order valence-electron chi connectivity index (χ4n) is 2.66. The maximum atomic E-state index is 12.9. The largest absolute Gasteiger partial charge is 0.391 e. The zero-order valence-electron chi connectivity index (χ0n) is 12.4. The third kappa shape index (κ3) is 4.42. The molecule has 2 aromatic carbocycles. The van der Waals surface area contributed by atoms with Gasteiger partial charge in [0.2, 0.25) is 0 Å². The first-order valence-electron chi connectivity index (χ1n) is 7.14. The zero-order valence-corrected chi connectivity index (χ0v) is 14.0. The third-order valence-electron chi connectivity index (χ3n) is 3.68. The van der Waals surface area contributed by atoms with Crippen molar-refractivity contribution in [3.05, 3.63) is 70.7 Å². The van der Waals surface area contributed by atoms with Gasteiger partial charge in [0, 0.05) is 10.6 Å². The highest BCUT2D eigenvalue weighted by Crippen LogP contribution is 2.34. The summed E-state index contributed by atoms with van der Waals surface area (Å²) in [5, 5.41) is 3.49. The van der Waals surface area contributed by atoms with Crippen molar-refractivity contribution in [2.45, 2.75) is 24.7 Å². The molecule has 1 N–H and O–H groups in total. The van der Waals surface area contributed by atoms with E-state index in [-0.39, 0.29) is 12.4 Å². The van der Waals surface area contributed by atoms with E-state index in [1.165, 1.54) is 0 Å². The second-order valence-electron chi connectivity index (χ2n) is 5.41. The molecule has 0 aliphatic carbocycles. The van der Waals surface area contributed by atoms with Crippen LogP contribution in [0, 0.1) is 0 Å². The van der Waals surface area contributed by atoms with Crippen molar-refractivity contribution in [2.24, 2.45) is 4.99 Å². The van der Waals surface area contributed by atoms with Crippen molar-refractivity contribution >= 4 is 29.8 Å². The molecule has 1 aliphatic heterocycles. The van der Waals surface area contributed by atoms with E-state index in [0.29, 0.717) is 10.9 Å². The van der Waals surface area contributed by atoms with Gasteiger partial charge in [-0.15, -0.1) is 12.4 Å². The van der Waals surface area contributed by atoms with Crippen molar-refractivity contribution in [2.75, 3.05) is 0 Å². The Morgan fingerprint density at radius 3 is 2.21 bits per heavy atom. The zero-order chi connectivity index (χ0) is 16.4. The summed E-state index contributed by atoms with van der Waals surface area (Å²) in [6.07, 6.45) is -5.19. The predicted molar refractivity (Wildman–Crippen MR) is 92.0 cm³/mol. The highest BCUT2D eigenvalue weighted by Gasteiger charge is 2.39. The van der Waals surface area contributed by atoms with Gasteiger partial charge in [-0.3, -0.25) is 4.99 Å². The van der Waals surface area contributed by atoms with Crippen LogP contribution in [0.25, 0.3) is 0 Å². The Morgan fingerprint density at radius 1 is 1.00 bits per heavy atom. The Balaban J connectivity index is 0.00000208. The van der Waals surface area contributed by atoms with E-state index in [2.05, 4.69) is 10.3 Å². The third-order valence-corrected chi connectivity index (χ3v) is 3.93. The minimum absolute atomic E-state index is 0. The summed E-state index contributed by atoms with van der Waals surface area (Å²) < 4.78 is 38.6. The van der Waals surface area contributed by atoms with Crippen LogP contribution in [-0.4, -0.2) is 18.1 Å². The van der Waals surface area contributed by atoms with Crippen molar-refractivity contribution in [1.29, 1.82) is 0 Å². The number of rotatable bonds is 3. The van der Waals surface area contributed by atoms with Crippen LogP contribution in [-0.2, 0) is 0 Å². The molecule has 1 aliphatic rings. The fourth-order valence-corrected chi connectivity index (χ4v) is 2.78. The minimum atomic E-state index is -4.25. The number of amidine groups is 1. The smallest absolute Gasteiger partial charge is 0.364 e. The highest BCUT2D eigenvalue weighted by atomic mass is 35.5. The van der Waals surface area contributed by atoms with Gasteiger partial charge in [0.15, 0.2) is 0 Å². The van der Waals surface area contributed by atoms with Gasteiger partial charge in [-0.2, -0.15) is 13.2 Å². The van der Waals surface area contributed by atoms with Gasteiger partial charge >= 0.3 is 6.18 Å². The van der Waals surface area contributed by atoms with Crippen LogP contribution in [0.15, 0.2) is 59.6 Å². The summed E-state index contributed by atoms with van der Waals surface area (Å²) in [5.41, 5.74) is 1.48. The monoisotopic (exact) mass is 374 g/mol. The number of aliphatic imine (C=N–C) groups is 1. The number of nitrogens with zero attached hydrogens (tertiary/aromatic N) is 1. The lowest BCUT2D eigenvalue weighted by atomic mass is 9.98. The van der Waals surface area contributed by atoms with Crippen LogP contribution < -0.4 is 5.32 Å². The number of hydrogen-bond acceptors (Lipinski definition) is 2. The molecule has 2 nitrogen and oxygen atoms in total. The topological polar surface area (TPSA) is 24.4 Å². The Morgan fingerprint density at radius 2 is 1.62 bits per heavy atom. The number of alkyl halides is 3. The van der Waals surface area contributed by atoms with Crippen LogP contribution in [0.2, 0.25) is 5.02 Å². The predicted octanol–water partition coefficient (Wildman–Crippen LogP) is 5.17. The first-order valence-corrected chi connectivity index (χ1v) is 7.52. The van der Waals surface area contributed by atoms with E-state index in [9.17, 15) is 13.2 Å². The van der Waals surface area contributed by atoms with Gasteiger partial charge in [-0.25, -0.2) is 0 Å². The molecule has 128 valence electrons. The lowest BCUT2D eigenvalue weighted by Crippen LogP contribution is -2.36. The van der Waals surface area contributed by atoms with E-state index < -0.39 is 24.7 Å². The molecule has 7 heteroatoms. The summed E-state index contributed by atoms with van der Waals surface area (Å²) >= 11 is 5.85. The molecule has 2 atom stereocenters. The Hall–Kier alpha value is -1.72. The molecule has 0 saturated heterocycles. The maximum Gasteiger partial charge on any atom is 0.391 e. The SMILES string of the molecule is Cl.FC(F)(F)C[C@H]1NC(c2ccc(Cl)cc2)=N[C@H]1c1ccccc1. The molecule has 0 radical (unpaired) electrons. The Labute approximate surface area is 149 Å². The average Bonchev–Trinajstić information content (AvgIpc) is 2.90. The van der Waals surface area contributed by atoms with E-state index in [1.807, 2.05) is 6.07 Å². The molecule has 24 heavy (non-hydrogen) atoms. The molecule has 0 bridgehead atoms. The summed E-state index contributed by atoms with van der Waals surface area (Å²) in [6.45, 7) is 0. The van der Waals surface area contributed by atoms with Crippen molar-refractivity contribution < 1.29 is 13.2 Å². The minimum Gasteiger partial charge on any atom is -0.364 e. The summed E-state index contributed by atoms with van der Waals surface area (Å²) in [7, 11) is 0. The molecule has 1 heterocycles. The van der Waals surface area contributed by atoms with E-state index in [4.69, 9.17) is 11.6 Å². The quantitative estimate of drug-likeness (QED) is 0.786. The Bertz CT molecular complexity index is 700. The Kier molecular flexibility index (Phi) is 5.78. The molecule has 0 saturated carbocycles. The molecule has 0 aromatic heterocycles. The molecule has 3 rings (SSSR count). The first kappa shape index (κ1) is 18.6. The summed E-state index contributed by atoms with van der Waals surface area (Å²) in [5.74, 6) is 0.463. The normalized spacial score (nSPS) is 20.1. The van der Waals surface area contributed by atoms with Crippen LogP contribution >= 0.6 is 24.0 Å². The fraction of sp³-hybridized carbons (Fsp3) is 0.235. The van der Waals surface area contributed by atoms with Crippen LogP contribution in [0.1, 0.15) is 23.6 Å². The molecular formula is C17H15Cl2F3N2. The van der Waals surface area contributed by atoms with Crippen molar-refractivity contribution in [3.63, 3.8) is 0 Å². The highest BCUT2D eigenvalue weighted by molar-refractivity contribution is 6.30. The van der Waals surface area contributed by atoms with Gasteiger partial charge < -0.3 is 5.32 Å². The molecular weight excluding hydrogens is 360 g/mol. The van der Waals surface area contributed by atoms with E-state index in [1.54, 1.807) is 48.5 Å². The average molecular weight is 375 g/mol. The van der Waals surface area contributed by atoms with Gasteiger partial charge in [0.05, 0.1) is 18.5 Å². The lowest BCUT2D eigenvalue weighted by Gasteiger charge is -2.20. The molecule has 0 amide bonds. The lowest BCUT2D eigenvalue weighted by molar-refractivity contribution is -0.139. The van der Waals surface area contributed by atoms with E-state index in [0.717, 1.165) is 11.1 Å². The van der Waals surface area contributed by atoms with Gasteiger partial charge in [0.25, 0.3) is 0 Å². The van der Waals surface area contributed by atoms with Gasteiger partial charge in [-0.05, 0) is 29.8 Å². The van der Waals surface area contributed by atoms with E-state index >= 15 is 0 Å². The van der Waals surface area contributed by atoms with Crippen LogP contribution in [0.4, 0.5) is 13.2 Å². The first-order chi connectivity index (χ1) is 10.9. The van der Waals surface area contributed by atoms with Crippen LogP contribution in [0.5, 0.6) is 0 Å². The summed E-state index contributed by atoms with van der Waals surface area (Å²) in [6, 6.07) is 14.5. The number of benzene rings is 2. The van der Waals surface area contributed by atoms with Crippen LogP contribution in [0.3, 0.4) is 0 Å².